The third kappa shape index (κ3) is 6.53. The summed E-state index contributed by atoms with van der Waals surface area (Å²) in [7, 11) is 0. The Labute approximate surface area is 160 Å². The van der Waals surface area contributed by atoms with Crippen molar-refractivity contribution in [1.29, 1.82) is 0 Å². The summed E-state index contributed by atoms with van der Waals surface area (Å²) < 4.78 is 0. The van der Waals surface area contributed by atoms with Crippen molar-refractivity contribution in [2.75, 3.05) is 31.6 Å². The number of hydrogen-bond acceptors (Lipinski definition) is 4. The van der Waals surface area contributed by atoms with Gasteiger partial charge in [-0.3, -0.25) is 9.59 Å². The van der Waals surface area contributed by atoms with Gasteiger partial charge in [0.2, 0.25) is 5.91 Å². The molecule has 140 valence electrons. The van der Waals surface area contributed by atoms with Crippen LogP contribution in [0.2, 0.25) is 0 Å². The van der Waals surface area contributed by atoms with Crippen LogP contribution in [0.1, 0.15) is 29.3 Å². The van der Waals surface area contributed by atoms with Gasteiger partial charge in [-0.1, -0.05) is 17.7 Å². The van der Waals surface area contributed by atoms with Crippen molar-refractivity contribution in [3.05, 3.63) is 35.4 Å². The molecule has 1 saturated heterocycles. The number of carbonyl (C=O) groups excluding carboxylic acids is 2. The highest BCUT2D eigenvalue weighted by Crippen LogP contribution is 2.10. The summed E-state index contributed by atoms with van der Waals surface area (Å²) in [5.74, 6) is 0.686. The van der Waals surface area contributed by atoms with Crippen LogP contribution < -0.4 is 10.6 Å². The molecule has 2 N–H and O–H groups in total. The highest BCUT2D eigenvalue weighted by molar-refractivity contribution is 7.98. The first-order chi connectivity index (χ1) is 11.5. The summed E-state index contributed by atoms with van der Waals surface area (Å²) in [6.45, 7) is 6.21. The molecule has 1 fully saturated rings. The van der Waals surface area contributed by atoms with E-state index >= 15 is 0 Å². The summed E-state index contributed by atoms with van der Waals surface area (Å²) in [6.07, 6.45) is 2.66. The van der Waals surface area contributed by atoms with Gasteiger partial charge < -0.3 is 15.5 Å². The van der Waals surface area contributed by atoms with Gasteiger partial charge in [0.1, 0.15) is 6.04 Å². The number of aryl methyl sites for hydroxylation is 1. The monoisotopic (exact) mass is 385 g/mol. The molecule has 0 aliphatic carbocycles. The van der Waals surface area contributed by atoms with Crippen molar-refractivity contribution in [3.63, 3.8) is 0 Å². The van der Waals surface area contributed by atoms with Gasteiger partial charge in [-0.2, -0.15) is 11.8 Å². The van der Waals surface area contributed by atoms with Crippen LogP contribution >= 0.6 is 24.2 Å². The van der Waals surface area contributed by atoms with Gasteiger partial charge in [-0.05, 0) is 44.4 Å². The standard InChI is InChI=1S/C18H27N3O2S.ClH/c1-13-5-4-6-15(11-13)17(22)20-16(7-10-24-3)18(23)21-9-8-19-14(2)12-21;/h4-6,11,14,16,19H,7-10,12H2,1-3H3,(H,20,22);1H. The topological polar surface area (TPSA) is 61.4 Å². The van der Waals surface area contributed by atoms with E-state index < -0.39 is 6.04 Å². The van der Waals surface area contributed by atoms with Crippen molar-refractivity contribution in [2.45, 2.75) is 32.4 Å². The molecule has 2 unspecified atom stereocenters. The number of rotatable bonds is 6. The van der Waals surface area contributed by atoms with Crippen LogP contribution in [0, 0.1) is 6.92 Å². The molecule has 1 heterocycles. The molecule has 2 atom stereocenters. The zero-order valence-corrected chi connectivity index (χ0v) is 16.7. The van der Waals surface area contributed by atoms with Crippen LogP contribution in [0.4, 0.5) is 0 Å². The van der Waals surface area contributed by atoms with Gasteiger partial charge in [-0.25, -0.2) is 0 Å². The average Bonchev–Trinajstić information content (AvgIpc) is 2.57. The van der Waals surface area contributed by atoms with Crippen molar-refractivity contribution in [2.24, 2.45) is 0 Å². The molecule has 0 aromatic heterocycles. The molecule has 1 aliphatic heterocycles. The van der Waals surface area contributed by atoms with E-state index in [2.05, 4.69) is 17.6 Å². The summed E-state index contributed by atoms with van der Waals surface area (Å²) >= 11 is 1.69. The van der Waals surface area contributed by atoms with E-state index in [9.17, 15) is 9.59 Å². The zero-order chi connectivity index (χ0) is 17.5. The number of benzene rings is 1. The fourth-order valence-electron chi connectivity index (χ4n) is 2.87. The Morgan fingerprint density at radius 1 is 1.44 bits per heavy atom. The normalized spacial score (nSPS) is 18.2. The number of carbonyl (C=O) groups is 2. The fourth-order valence-corrected chi connectivity index (χ4v) is 3.35. The number of piperazine rings is 1. The van der Waals surface area contributed by atoms with E-state index in [-0.39, 0.29) is 30.3 Å². The van der Waals surface area contributed by atoms with E-state index in [1.807, 2.05) is 36.3 Å². The third-order valence-corrected chi connectivity index (χ3v) is 4.82. The predicted octanol–water partition coefficient (Wildman–Crippen LogP) is 2.09. The quantitative estimate of drug-likeness (QED) is 0.787. The molecular weight excluding hydrogens is 358 g/mol. The first kappa shape index (κ1) is 21.8. The molecule has 0 spiro atoms. The van der Waals surface area contributed by atoms with Crippen LogP contribution in [0.15, 0.2) is 24.3 Å². The van der Waals surface area contributed by atoms with E-state index in [0.717, 1.165) is 17.9 Å². The number of hydrogen-bond donors (Lipinski definition) is 2. The first-order valence-electron chi connectivity index (χ1n) is 8.40. The third-order valence-electron chi connectivity index (χ3n) is 4.17. The van der Waals surface area contributed by atoms with Crippen LogP contribution in [0.3, 0.4) is 0 Å². The SMILES string of the molecule is CSCCC(NC(=O)c1cccc(C)c1)C(=O)N1CCNC(C)C1.Cl. The van der Waals surface area contributed by atoms with Crippen molar-refractivity contribution < 1.29 is 9.59 Å². The second kappa shape index (κ2) is 10.7. The molecule has 0 radical (unpaired) electrons. The van der Waals surface area contributed by atoms with Crippen molar-refractivity contribution in [1.82, 2.24) is 15.5 Å². The summed E-state index contributed by atoms with van der Waals surface area (Å²) in [4.78, 5) is 27.2. The molecule has 1 aliphatic rings. The highest BCUT2D eigenvalue weighted by Gasteiger charge is 2.28. The molecule has 1 aromatic rings. The van der Waals surface area contributed by atoms with E-state index in [0.29, 0.717) is 25.1 Å². The molecule has 1 aromatic carbocycles. The lowest BCUT2D eigenvalue weighted by atomic mass is 10.1. The average molecular weight is 386 g/mol. The Morgan fingerprint density at radius 2 is 2.20 bits per heavy atom. The maximum absolute atomic E-state index is 12.9. The lowest BCUT2D eigenvalue weighted by molar-refractivity contribution is -0.134. The Morgan fingerprint density at radius 3 is 2.84 bits per heavy atom. The van der Waals surface area contributed by atoms with Crippen LogP contribution in [-0.2, 0) is 4.79 Å². The lowest BCUT2D eigenvalue weighted by Gasteiger charge is -2.34. The molecular formula is C18H28ClN3O2S. The molecule has 0 saturated carbocycles. The second-order valence-electron chi connectivity index (χ2n) is 6.32. The highest BCUT2D eigenvalue weighted by atomic mass is 35.5. The smallest absolute Gasteiger partial charge is 0.251 e. The minimum Gasteiger partial charge on any atom is -0.340 e. The number of thioether (sulfide) groups is 1. The molecule has 2 amide bonds. The minimum atomic E-state index is -0.462. The maximum Gasteiger partial charge on any atom is 0.251 e. The number of amides is 2. The Kier molecular flexibility index (Phi) is 9.32. The number of nitrogens with one attached hydrogen (secondary N) is 2. The largest absolute Gasteiger partial charge is 0.340 e. The molecule has 2 rings (SSSR count). The van der Waals surface area contributed by atoms with E-state index in [4.69, 9.17) is 0 Å². The fraction of sp³-hybridized carbons (Fsp3) is 0.556. The van der Waals surface area contributed by atoms with Crippen LogP contribution in [0.25, 0.3) is 0 Å². The van der Waals surface area contributed by atoms with Crippen LogP contribution in [0.5, 0.6) is 0 Å². The summed E-state index contributed by atoms with van der Waals surface area (Å²) in [6, 6.07) is 7.27. The lowest BCUT2D eigenvalue weighted by Crippen LogP contribution is -2.56. The first-order valence-corrected chi connectivity index (χ1v) is 9.79. The van der Waals surface area contributed by atoms with Gasteiger partial charge in [0, 0.05) is 31.2 Å². The summed E-state index contributed by atoms with van der Waals surface area (Å²) in [5.41, 5.74) is 1.64. The van der Waals surface area contributed by atoms with Gasteiger partial charge >= 0.3 is 0 Å². The van der Waals surface area contributed by atoms with Gasteiger partial charge in [-0.15, -0.1) is 12.4 Å². The van der Waals surface area contributed by atoms with Gasteiger partial charge in [0.05, 0.1) is 0 Å². The van der Waals surface area contributed by atoms with Crippen molar-refractivity contribution in [3.8, 4) is 0 Å². The molecule has 0 bridgehead atoms. The van der Waals surface area contributed by atoms with Crippen LogP contribution in [-0.4, -0.2) is 60.4 Å². The zero-order valence-electron chi connectivity index (χ0n) is 15.1. The molecule has 5 nitrogen and oxygen atoms in total. The minimum absolute atomic E-state index is 0. The van der Waals surface area contributed by atoms with Crippen molar-refractivity contribution >= 4 is 36.0 Å². The van der Waals surface area contributed by atoms with E-state index in [1.54, 1.807) is 17.8 Å². The maximum atomic E-state index is 12.9. The predicted molar refractivity (Wildman–Crippen MR) is 107 cm³/mol. The Balaban J connectivity index is 0.00000312. The van der Waals surface area contributed by atoms with Gasteiger partial charge in [0.15, 0.2) is 0 Å². The Hall–Kier alpha value is -1.24. The molecule has 7 heteroatoms. The van der Waals surface area contributed by atoms with E-state index in [1.165, 1.54) is 0 Å². The van der Waals surface area contributed by atoms with Gasteiger partial charge in [0.25, 0.3) is 5.91 Å². The number of halogens is 1. The summed E-state index contributed by atoms with van der Waals surface area (Å²) in [5, 5.41) is 6.28. The Bertz CT molecular complexity index is 585. The number of nitrogens with zero attached hydrogens (tertiary/aromatic N) is 1. The second-order valence-corrected chi connectivity index (χ2v) is 7.30. The molecule has 25 heavy (non-hydrogen) atoms.